The number of morpholine rings is 1. The van der Waals surface area contributed by atoms with Crippen LogP contribution in [0.25, 0.3) is 0 Å². The molecule has 1 heterocycles. The second-order valence-electron chi connectivity index (χ2n) is 4.21. The van der Waals surface area contributed by atoms with Crippen LogP contribution in [0.1, 0.15) is 27.7 Å². The molecule has 1 aliphatic heterocycles. The van der Waals surface area contributed by atoms with Crippen LogP contribution in [0, 0.1) is 0 Å². The van der Waals surface area contributed by atoms with Crippen molar-refractivity contribution in [3.63, 3.8) is 0 Å². The number of hydrogen-bond acceptors (Lipinski definition) is 2. The minimum absolute atomic E-state index is 0.104. The first-order chi connectivity index (χ1) is 6.50. The maximum atomic E-state index is 11.8. The molecule has 2 unspecified atom stereocenters. The van der Waals surface area contributed by atoms with Gasteiger partial charge in [-0.1, -0.05) is 5.57 Å². The van der Waals surface area contributed by atoms with Gasteiger partial charge in [-0.15, -0.1) is 0 Å². The summed E-state index contributed by atoms with van der Waals surface area (Å²) in [6.07, 6.45) is 1.84. The zero-order valence-corrected chi connectivity index (χ0v) is 9.41. The molecule has 1 saturated heterocycles. The molecule has 80 valence electrons. The summed E-state index contributed by atoms with van der Waals surface area (Å²) < 4.78 is 5.46. The Kier molecular flexibility index (Phi) is 3.69. The molecule has 1 aliphatic rings. The third kappa shape index (κ3) is 2.84. The van der Waals surface area contributed by atoms with Crippen molar-refractivity contribution >= 4 is 5.91 Å². The fourth-order valence-electron chi connectivity index (χ4n) is 1.54. The van der Waals surface area contributed by atoms with Crippen molar-refractivity contribution in [1.29, 1.82) is 0 Å². The molecule has 0 N–H and O–H groups in total. The molecule has 0 radical (unpaired) electrons. The first-order valence-electron chi connectivity index (χ1n) is 5.08. The summed E-state index contributed by atoms with van der Waals surface area (Å²) in [7, 11) is 0. The Morgan fingerprint density at radius 3 is 2.64 bits per heavy atom. The van der Waals surface area contributed by atoms with Crippen LogP contribution >= 0.6 is 0 Å². The molecule has 0 aromatic rings. The molecule has 1 amide bonds. The first kappa shape index (κ1) is 11.2. The Morgan fingerprint density at radius 2 is 2.07 bits per heavy atom. The van der Waals surface area contributed by atoms with Gasteiger partial charge in [0, 0.05) is 12.6 Å². The molecule has 0 bridgehead atoms. The summed E-state index contributed by atoms with van der Waals surface area (Å²) >= 11 is 0. The monoisotopic (exact) mass is 197 g/mol. The lowest BCUT2D eigenvalue weighted by Crippen LogP contribution is -2.49. The minimum atomic E-state index is 0.104. The van der Waals surface area contributed by atoms with Gasteiger partial charge in [0.2, 0.25) is 5.91 Å². The van der Waals surface area contributed by atoms with Crippen molar-refractivity contribution in [1.82, 2.24) is 4.90 Å². The average Bonchev–Trinajstić information content (AvgIpc) is 2.08. The molecule has 1 fully saturated rings. The predicted molar refractivity (Wildman–Crippen MR) is 56.0 cm³/mol. The van der Waals surface area contributed by atoms with E-state index in [4.69, 9.17) is 4.74 Å². The van der Waals surface area contributed by atoms with Crippen LogP contribution in [0.15, 0.2) is 11.6 Å². The molecule has 0 aromatic carbocycles. The minimum Gasteiger partial charge on any atom is -0.375 e. The summed E-state index contributed by atoms with van der Waals surface area (Å²) in [6.45, 7) is 9.23. The topological polar surface area (TPSA) is 29.5 Å². The average molecular weight is 197 g/mol. The fraction of sp³-hybridized carbons (Fsp3) is 0.727. The lowest BCUT2D eigenvalue weighted by molar-refractivity contribution is -0.137. The Balaban J connectivity index is 2.65. The number of hydrogen-bond donors (Lipinski definition) is 0. The molecule has 0 saturated carbocycles. The number of allylic oxidation sites excluding steroid dienone is 1. The molecule has 0 aliphatic carbocycles. The van der Waals surface area contributed by atoms with Crippen molar-refractivity contribution < 1.29 is 9.53 Å². The van der Waals surface area contributed by atoms with E-state index in [9.17, 15) is 4.79 Å². The van der Waals surface area contributed by atoms with E-state index in [1.165, 1.54) is 0 Å². The van der Waals surface area contributed by atoms with Crippen LogP contribution in [0.4, 0.5) is 0 Å². The lowest BCUT2D eigenvalue weighted by atomic mass is 10.2. The summed E-state index contributed by atoms with van der Waals surface area (Å²) in [5, 5.41) is 0. The van der Waals surface area contributed by atoms with Crippen molar-refractivity contribution in [3.8, 4) is 0 Å². The highest BCUT2D eigenvalue weighted by atomic mass is 16.5. The van der Waals surface area contributed by atoms with Crippen LogP contribution in [0.5, 0.6) is 0 Å². The van der Waals surface area contributed by atoms with E-state index < -0.39 is 0 Å². The zero-order chi connectivity index (χ0) is 10.7. The van der Waals surface area contributed by atoms with Gasteiger partial charge in [0.1, 0.15) is 0 Å². The van der Waals surface area contributed by atoms with E-state index in [0.29, 0.717) is 13.2 Å². The standard InChI is InChI=1S/C11H19NO2/c1-8(2)5-11(13)12-6-10(4)14-7-9(12)3/h5,9-10H,6-7H2,1-4H3. The van der Waals surface area contributed by atoms with E-state index in [2.05, 4.69) is 0 Å². The number of rotatable bonds is 1. The largest absolute Gasteiger partial charge is 0.375 e. The highest BCUT2D eigenvalue weighted by Crippen LogP contribution is 2.12. The second-order valence-corrected chi connectivity index (χ2v) is 4.21. The van der Waals surface area contributed by atoms with Crippen molar-refractivity contribution in [3.05, 3.63) is 11.6 Å². The Hall–Kier alpha value is -0.830. The van der Waals surface area contributed by atoms with Gasteiger partial charge in [0.25, 0.3) is 0 Å². The molecule has 2 atom stereocenters. The molecule has 3 nitrogen and oxygen atoms in total. The van der Waals surface area contributed by atoms with Gasteiger partial charge >= 0.3 is 0 Å². The molecular formula is C11H19NO2. The van der Waals surface area contributed by atoms with Gasteiger partial charge in [0.05, 0.1) is 18.8 Å². The summed E-state index contributed by atoms with van der Waals surface area (Å²) in [6, 6.07) is 0.189. The van der Waals surface area contributed by atoms with Gasteiger partial charge < -0.3 is 9.64 Å². The van der Waals surface area contributed by atoms with E-state index in [-0.39, 0.29) is 18.1 Å². The quantitative estimate of drug-likeness (QED) is 0.597. The Labute approximate surface area is 85.7 Å². The molecule has 0 aromatic heterocycles. The van der Waals surface area contributed by atoms with Gasteiger partial charge in [-0.25, -0.2) is 0 Å². The third-order valence-corrected chi connectivity index (χ3v) is 2.30. The van der Waals surface area contributed by atoms with E-state index in [0.717, 1.165) is 5.57 Å². The lowest BCUT2D eigenvalue weighted by Gasteiger charge is -2.36. The fourth-order valence-corrected chi connectivity index (χ4v) is 1.54. The Bertz CT molecular complexity index is 244. The summed E-state index contributed by atoms with van der Waals surface area (Å²) in [5.41, 5.74) is 1.04. The van der Waals surface area contributed by atoms with Gasteiger partial charge in [-0.3, -0.25) is 4.79 Å². The zero-order valence-electron chi connectivity index (χ0n) is 9.41. The molecule has 0 spiro atoms. The summed E-state index contributed by atoms with van der Waals surface area (Å²) in [4.78, 5) is 13.6. The summed E-state index contributed by atoms with van der Waals surface area (Å²) in [5.74, 6) is 0.104. The highest BCUT2D eigenvalue weighted by molar-refractivity contribution is 5.88. The Morgan fingerprint density at radius 1 is 1.43 bits per heavy atom. The van der Waals surface area contributed by atoms with Gasteiger partial charge in [-0.2, -0.15) is 0 Å². The van der Waals surface area contributed by atoms with Crippen LogP contribution in [0.3, 0.4) is 0 Å². The van der Waals surface area contributed by atoms with Crippen LogP contribution < -0.4 is 0 Å². The predicted octanol–water partition coefficient (Wildman–Crippen LogP) is 1.59. The smallest absolute Gasteiger partial charge is 0.246 e. The van der Waals surface area contributed by atoms with Crippen molar-refractivity contribution in [2.75, 3.05) is 13.2 Å². The van der Waals surface area contributed by atoms with Crippen molar-refractivity contribution in [2.24, 2.45) is 0 Å². The van der Waals surface area contributed by atoms with Crippen LogP contribution in [0.2, 0.25) is 0 Å². The number of amides is 1. The van der Waals surface area contributed by atoms with E-state index in [1.54, 1.807) is 6.08 Å². The normalized spacial score (nSPS) is 27.3. The third-order valence-electron chi connectivity index (χ3n) is 2.30. The van der Waals surface area contributed by atoms with E-state index >= 15 is 0 Å². The number of carbonyl (C=O) groups excluding carboxylic acids is 1. The molecule has 1 rings (SSSR count). The molecule has 3 heteroatoms. The maximum absolute atomic E-state index is 11.8. The van der Waals surface area contributed by atoms with Crippen molar-refractivity contribution in [2.45, 2.75) is 39.8 Å². The highest BCUT2D eigenvalue weighted by Gasteiger charge is 2.25. The van der Waals surface area contributed by atoms with Crippen LogP contribution in [-0.4, -0.2) is 36.1 Å². The van der Waals surface area contributed by atoms with E-state index in [1.807, 2.05) is 32.6 Å². The molecular weight excluding hydrogens is 178 g/mol. The number of ether oxygens (including phenoxy) is 1. The first-order valence-corrected chi connectivity index (χ1v) is 5.08. The SMILES string of the molecule is CC(C)=CC(=O)N1CC(C)OCC1C. The number of nitrogens with zero attached hydrogens (tertiary/aromatic N) is 1. The number of carbonyl (C=O) groups is 1. The second kappa shape index (κ2) is 4.60. The van der Waals surface area contributed by atoms with Gasteiger partial charge in [0.15, 0.2) is 0 Å². The molecule has 14 heavy (non-hydrogen) atoms. The van der Waals surface area contributed by atoms with Gasteiger partial charge in [-0.05, 0) is 27.7 Å². The maximum Gasteiger partial charge on any atom is 0.246 e. The van der Waals surface area contributed by atoms with Crippen LogP contribution in [-0.2, 0) is 9.53 Å².